The molecule has 0 aliphatic rings. The van der Waals surface area contributed by atoms with Crippen molar-refractivity contribution in [1.82, 2.24) is 0 Å². The first kappa shape index (κ1) is 20.0. The van der Waals surface area contributed by atoms with Crippen LogP contribution in [0.25, 0.3) is 0 Å². The van der Waals surface area contributed by atoms with Gasteiger partial charge in [-0.25, -0.2) is 0 Å². The Morgan fingerprint density at radius 2 is 1.85 bits per heavy atom. The third-order valence-electron chi connectivity index (χ3n) is 3.36. The largest absolute Gasteiger partial charge is 0.455 e. The quantitative estimate of drug-likeness (QED) is 0.435. The van der Waals surface area contributed by atoms with Crippen LogP contribution in [0.2, 0.25) is 5.02 Å². The summed E-state index contributed by atoms with van der Waals surface area (Å²) in [6, 6.07) is 13.7. The summed E-state index contributed by atoms with van der Waals surface area (Å²) in [6.07, 6.45) is 0. The van der Waals surface area contributed by atoms with Gasteiger partial charge in [-0.2, -0.15) is 0 Å². The third kappa shape index (κ3) is 6.20. The molecule has 5 nitrogen and oxygen atoms in total. The summed E-state index contributed by atoms with van der Waals surface area (Å²) in [5.74, 6) is -1.05. The number of ketones is 1. The van der Waals surface area contributed by atoms with Crippen molar-refractivity contribution < 1.29 is 19.1 Å². The second-order valence-electron chi connectivity index (χ2n) is 5.51. The van der Waals surface area contributed by atoms with Crippen LogP contribution in [-0.2, 0) is 14.3 Å². The van der Waals surface area contributed by atoms with Gasteiger partial charge in [0.1, 0.15) is 5.25 Å². The Morgan fingerprint density at radius 3 is 2.50 bits per heavy atom. The number of rotatable bonds is 7. The third-order valence-corrected chi connectivity index (χ3v) is 4.70. The normalized spacial score (nSPS) is 11.5. The van der Waals surface area contributed by atoms with E-state index in [4.69, 9.17) is 16.3 Å². The van der Waals surface area contributed by atoms with Crippen LogP contribution in [0.1, 0.15) is 24.2 Å². The molecule has 0 aliphatic heterocycles. The van der Waals surface area contributed by atoms with Crippen molar-refractivity contribution in [3.8, 4) is 0 Å². The molecular formula is C19H18ClNO4S. The Hall–Kier alpha value is -2.31. The highest BCUT2D eigenvalue weighted by Crippen LogP contribution is 2.25. The average Bonchev–Trinajstić information content (AvgIpc) is 2.61. The topological polar surface area (TPSA) is 72.5 Å². The fourth-order valence-corrected chi connectivity index (χ4v) is 3.02. The van der Waals surface area contributed by atoms with Gasteiger partial charge in [-0.15, -0.1) is 11.8 Å². The summed E-state index contributed by atoms with van der Waals surface area (Å²) in [5.41, 5.74) is 0.968. The summed E-state index contributed by atoms with van der Waals surface area (Å²) < 4.78 is 5.05. The minimum absolute atomic E-state index is 0.0967. The predicted molar refractivity (Wildman–Crippen MR) is 103 cm³/mol. The smallest absolute Gasteiger partial charge is 0.319 e. The SMILES string of the molecule is CC(=O)c1cccc(NC(=O)COC(=O)[C@H](C)Sc2ccc(Cl)cc2)c1. The molecule has 0 unspecified atom stereocenters. The van der Waals surface area contributed by atoms with Crippen molar-refractivity contribution in [1.29, 1.82) is 0 Å². The number of amides is 1. The molecular weight excluding hydrogens is 374 g/mol. The van der Waals surface area contributed by atoms with E-state index >= 15 is 0 Å². The summed E-state index contributed by atoms with van der Waals surface area (Å²) in [6.45, 7) is 2.76. The van der Waals surface area contributed by atoms with Crippen LogP contribution in [0.5, 0.6) is 0 Å². The summed E-state index contributed by atoms with van der Waals surface area (Å²) in [4.78, 5) is 36.2. The molecule has 2 aromatic rings. The number of benzene rings is 2. The molecule has 7 heteroatoms. The Morgan fingerprint density at radius 1 is 1.15 bits per heavy atom. The van der Waals surface area contributed by atoms with Crippen molar-refractivity contribution in [2.75, 3.05) is 11.9 Å². The van der Waals surface area contributed by atoms with E-state index in [2.05, 4.69) is 5.32 Å². The van der Waals surface area contributed by atoms with Crippen LogP contribution in [0.15, 0.2) is 53.4 Å². The van der Waals surface area contributed by atoms with Crippen LogP contribution in [0.4, 0.5) is 5.69 Å². The first-order chi connectivity index (χ1) is 12.3. The van der Waals surface area contributed by atoms with Crippen LogP contribution in [-0.4, -0.2) is 29.5 Å². The number of carbonyl (C=O) groups excluding carboxylic acids is 3. The van der Waals surface area contributed by atoms with Gasteiger partial charge in [0, 0.05) is 21.2 Å². The second-order valence-corrected chi connectivity index (χ2v) is 7.36. The molecule has 136 valence electrons. The number of ether oxygens (including phenoxy) is 1. The second kappa shape index (κ2) is 9.40. The van der Waals surface area contributed by atoms with Gasteiger partial charge in [-0.1, -0.05) is 23.7 Å². The lowest BCUT2D eigenvalue weighted by Crippen LogP contribution is -2.24. The van der Waals surface area contributed by atoms with Crippen molar-refractivity contribution in [3.05, 3.63) is 59.1 Å². The maximum absolute atomic E-state index is 12.0. The average molecular weight is 392 g/mol. The molecule has 0 aliphatic carbocycles. The molecule has 2 rings (SSSR count). The molecule has 0 radical (unpaired) electrons. The zero-order valence-electron chi connectivity index (χ0n) is 14.3. The van der Waals surface area contributed by atoms with Crippen molar-refractivity contribution in [2.24, 2.45) is 0 Å². The van der Waals surface area contributed by atoms with E-state index in [0.29, 0.717) is 16.3 Å². The molecule has 0 aromatic heterocycles. The fourth-order valence-electron chi connectivity index (χ4n) is 2.03. The van der Waals surface area contributed by atoms with Gasteiger partial charge in [0.2, 0.25) is 0 Å². The predicted octanol–water partition coefficient (Wildman–Crippen LogP) is 4.21. The van der Waals surface area contributed by atoms with E-state index in [1.807, 2.05) is 12.1 Å². The number of nitrogens with one attached hydrogen (secondary N) is 1. The van der Waals surface area contributed by atoms with Crippen molar-refractivity contribution in [2.45, 2.75) is 24.0 Å². The first-order valence-electron chi connectivity index (χ1n) is 7.85. The highest BCUT2D eigenvalue weighted by Gasteiger charge is 2.17. The molecule has 1 atom stereocenters. The molecule has 26 heavy (non-hydrogen) atoms. The van der Waals surface area contributed by atoms with Crippen LogP contribution < -0.4 is 5.32 Å². The summed E-state index contributed by atoms with van der Waals surface area (Å²) in [5, 5.41) is 2.75. The Kier molecular flexibility index (Phi) is 7.24. The maximum atomic E-state index is 12.0. The molecule has 0 heterocycles. The molecule has 0 fully saturated rings. The zero-order chi connectivity index (χ0) is 19.1. The zero-order valence-corrected chi connectivity index (χ0v) is 15.9. The van der Waals surface area contributed by atoms with Gasteiger partial charge in [0.15, 0.2) is 12.4 Å². The van der Waals surface area contributed by atoms with Gasteiger partial charge in [0.25, 0.3) is 5.91 Å². The molecule has 0 spiro atoms. The molecule has 0 bridgehead atoms. The lowest BCUT2D eigenvalue weighted by Gasteiger charge is -2.11. The Balaban J connectivity index is 1.82. The van der Waals surface area contributed by atoms with Gasteiger partial charge in [-0.05, 0) is 50.2 Å². The first-order valence-corrected chi connectivity index (χ1v) is 9.10. The molecule has 0 saturated carbocycles. The monoisotopic (exact) mass is 391 g/mol. The molecule has 2 aromatic carbocycles. The van der Waals surface area contributed by atoms with Crippen LogP contribution in [0, 0.1) is 0 Å². The van der Waals surface area contributed by atoms with E-state index in [1.165, 1.54) is 18.7 Å². The number of anilines is 1. The molecule has 1 amide bonds. The highest BCUT2D eigenvalue weighted by atomic mass is 35.5. The van der Waals surface area contributed by atoms with E-state index in [9.17, 15) is 14.4 Å². The summed E-state index contributed by atoms with van der Waals surface area (Å²) >= 11 is 7.14. The van der Waals surface area contributed by atoms with Gasteiger partial charge < -0.3 is 10.1 Å². The van der Waals surface area contributed by atoms with Crippen LogP contribution >= 0.6 is 23.4 Å². The Labute approximate surface area is 161 Å². The molecule has 0 saturated heterocycles. The van der Waals surface area contributed by atoms with Gasteiger partial charge >= 0.3 is 5.97 Å². The maximum Gasteiger partial charge on any atom is 0.319 e. The van der Waals surface area contributed by atoms with E-state index in [0.717, 1.165) is 4.90 Å². The van der Waals surface area contributed by atoms with Crippen molar-refractivity contribution in [3.63, 3.8) is 0 Å². The number of hydrogen-bond acceptors (Lipinski definition) is 5. The Bertz CT molecular complexity index is 807. The van der Waals surface area contributed by atoms with Gasteiger partial charge in [0.05, 0.1) is 0 Å². The molecule has 1 N–H and O–H groups in total. The van der Waals surface area contributed by atoms with Crippen LogP contribution in [0.3, 0.4) is 0 Å². The van der Waals surface area contributed by atoms with E-state index in [1.54, 1.807) is 43.3 Å². The van der Waals surface area contributed by atoms with E-state index < -0.39 is 23.7 Å². The number of thioether (sulfide) groups is 1. The number of hydrogen-bond donors (Lipinski definition) is 1. The van der Waals surface area contributed by atoms with Gasteiger partial charge in [-0.3, -0.25) is 14.4 Å². The fraction of sp³-hybridized carbons (Fsp3) is 0.211. The lowest BCUT2D eigenvalue weighted by molar-refractivity contribution is -0.146. The minimum atomic E-state index is -0.488. The number of halogens is 1. The number of esters is 1. The number of Topliss-reactive ketones (excluding diaryl/α,β-unsaturated/α-hetero) is 1. The summed E-state index contributed by atoms with van der Waals surface area (Å²) in [7, 11) is 0. The highest BCUT2D eigenvalue weighted by molar-refractivity contribution is 8.00. The lowest BCUT2D eigenvalue weighted by atomic mass is 10.1. The van der Waals surface area contributed by atoms with Crippen molar-refractivity contribution >= 4 is 46.7 Å². The van der Waals surface area contributed by atoms with E-state index in [-0.39, 0.29) is 5.78 Å². The minimum Gasteiger partial charge on any atom is -0.455 e. The number of carbonyl (C=O) groups is 3. The standard InChI is InChI=1S/C19H18ClNO4S/c1-12(22)14-4-3-5-16(10-14)21-18(23)11-25-19(24)13(2)26-17-8-6-15(20)7-9-17/h3-10,13H,11H2,1-2H3,(H,21,23)/t13-/m0/s1.